The summed E-state index contributed by atoms with van der Waals surface area (Å²) in [5.74, 6) is -1.02. The lowest BCUT2D eigenvalue weighted by Crippen LogP contribution is -2.39. The maximum atomic E-state index is 11.5. The minimum Gasteiger partial charge on any atom is -0.497 e. The SMILES string of the molecule is COc1ccc(C(OC[C@H]2O[C@@H](n3cnc(C(N)=O)n3)[C@@H](C)C2C)(c2ccccc2)c2ccccc2)cc1.COc1ccc(C(OC[C@H]2O[C@@H](n3cnc(C(N)=O)n3)[C@@H](O)C2O)(c2ccccc2)c2ccccc2)cc1.NC(=O)c1ncn([C@@H]2O[C@H](CO)C(O)[C@@H]2O)n1. The molecule has 27 heteroatoms. The molecule has 3 aromatic heterocycles. The Morgan fingerprint density at radius 3 is 1.04 bits per heavy atom. The fourth-order valence-corrected chi connectivity index (χ4v) is 11.5. The highest BCUT2D eigenvalue weighted by Crippen LogP contribution is 2.46. The van der Waals surface area contributed by atoms with E-state index in [1.807, 2.05) is 146 Å². The van der Waals surface area contributed by atoms with Crippen molar-refractivity contribution in [1.82, 2.24) is 44.3 Å². The number of aliphatic hydroxyl groups is 5. The molecule has 27 nitrogen and oxygen atoms in total. The van der Waals surface area contributed by atoms with Crippen molar-refractivity contribution in [3.8, 4) is 11.5 Å². The van der Waals surface area contributed by atoms with Crippen molar-refractivity contribution in [2.45, 2.75) is 86.5 Å². The third-order valence-corrected chi connectivity index (χ3v) is 16.6. The van der Waals surface area contributed by atoms with Crippen LogP contribution < -0.4 is 26.7 Å². The van der Waals surface area contributed by atoms with Gasteiger partial charge in [0.25, 0.3) is 17.7 Å². The molecule has 0 radical (unpaired) electrons. The van der Waals surface area contributed by atoms with Gasteiger partial charge in [0, 0.05) is 5.92 Å². The van der Waals surface area contributed by atoms with Gasteiger partial charge in [0.1, 0.15) is 78.3 Å². The molecule has 93 heavy (non-hydrogen) atoms. The Bertz CT molecular complexity index is 3590. The molecule has 3 saturated heterocycles. The van der Waals surface area contributed by atoms with Gasteiger partial charge in [-0.3, -0.25) is 14.4 Å². The molecule has 3 amide bonds. The third-order valence-electron chi connectivity index (χ3n) is 16.6. The van der Waals surface area contributed by atoms with E-state index in [1.54, 1.807) is 18.9 Å². The predicted molar refractivity (Wildman–Crippen MR) is 330 cm³/mol. The van der Waals surface area contributed by atoms with E-state index < -0.39 is 84.6 Å². The zero-order valence-electron chi connectivity index (χ0n) is 51.0. The number of ether oxygens (including phenoxy) is 7. The zero-order chi connectivity index (χ0) is 66.0. The van der Waals surface area contributed by atoms with Crippen LogP contribution in [0, 0.1) is 11.8 Å². The summed E-state index contributed by atoms with van der Waals surface area (Å²) >= 11 is 0. The van der Waals surface area contributed by atoms with Gasteiger partial charge in [-0.25, -0.2) is 29.0 Å². The molecule has 3 unspecified atom stereocenters. The average Bonchev–Trinajstić information content (AvgIpc) is 1.67. The average molecular weight is 1270 g/mol. The maximum Gasteiger partial charge on any atom is 0.288 e. The van der Waals surface area contributed by atoms with Crippen molar-refractivity contribution in [3.05, 3.63) is 240 Å². The third kappa shape index (κ3) is 13.9. The molecule has 12 rings (SSSR count). The number of benzene rings is 6. The Hall–Kier alpha value is -9.65. The lowest BCUT2D eigenvalue weighted by molar-refractivity contribution is -0.0975. The number of nitrogens with zero attached hydrogens (tertiary/aromatic N) is 9. The summed E-state index contributed by atoms with van der Waals surface area (Å²) in [6, 6.07) is 55.5. The van der Waals surface area contributed by atoms with Gasteiger partial charge in [-0.15, -0.1) is 15.3 Å². The summed E-state index contributed by atoms with van der Waals surface area (Å²) < 4.78 is 46.0. The van der Waals surface area contributed by atoms with E-state index in [1.165, 1.54) is 17.3 Å². The van der Waals surface area contributed by atoms with Gasteiger partial charge >= 0.3 is 0 Å². The van der Waals surface area contributed by atoms with Crippen LogP contribution in [-0.4, -0.2) is 164 Å². The molecule has 6 aromatic carbocycles. The van der Waals surface area contributed by atoms with E-state index in [4.69, 9.17) is 55.5 Å². The monoisotopic (exact) mass is 1270 g/mol. The first-order valence-corrected chi connectivity index (χ1v) is 29.6. The van der Waals surface area contributed by atoms with Crippen molar-refractivity contribution in [2.75, 3.05) is 34.0 Å². The molecule has 3 aliphatic rings. The predicted octanol–water partition coefficient (Wildman–Crippen LogP) is 3.57. The van der Waals surface area contributed by atoms with Gasteiger partial charge in [-0.1, -0.05) is 159 Å². The number of amides is 3. The van der Waals surface area contributed by atoms with Gasteiger partial charge in [0.05, 0.1) is 40.1 Å². The first-order chi connectivity index (χ1) is 44.9. The first-order valence-electron chi connectivity index (χ1n) is 29.6. The molecule has 0 bridgehead atoms. The Kier molecular flexibility index (Phi) is 20.9. The first kappa shape index (κ1) is 66.3. The van der Waals surface area contributed by atoms with Crippen molar-refractivity contribution in [3.63, 3.8) is 0 Å². The van der Waals surface area contributed by atoms with Crippen LogP contribution >= 0.6 is 0 Å². The lowest BCUT2D eigenvalue weighted by atomic mass is 9.80. The van der Waals surface area contributed by atoms with E-state index in [0.29, 0.717) is 12.4 Å². The molecule has 0 aliphatic carbocycles. The largest absolute Gasteiger partial charge is 0.497 e. The van der Waals surface area contributed by atoms with Gasteiger partial charge in [-0.2, -0.15) is 0 Å². The van der Waals surface area contributed by atoms with E-state index in [9.17, 15) is 34.8 Å². The molecule has 11 N–H and O–H groups in total. The number of rotatable bonds is 21. The van der Waals surface area contributed by atoms with Gasteiger partial charge in [0.2, 0.25) is 17.5 Å². The van der Waals surface area contributed by atoms with Gasteiger partial charge < -0.3 is 75.9 Å². The van der Waals surface area contributed by atoms with Gasteiger partial charge in [0.15, 0.2) is 18.7 Å². The molecule has 0 saturated carbocycles. The van der Waals surface area contributed by atoms with Gasteiger partial charge in [-0.05, 0) is 63.6 Å². The summed E-state index contributed by atoms with van der Waals surface area (Å²) in [4.78, 5) is 45.2. The number of hydrogen-bond donors (Lipinski definition) is 8. The number of nitrogens with two attached hydrogens (primary N) is 3. The second kappa shape index (κ2) is 29.3. The van der Waals surface area contributed by atoms with Crippen LogP contribution in [0.2, 0.25) is 0 Å². The quantitative estimate of drug-likeness (QED) is 0.0477. The number of carbonyl (C=O) groups is 3. The van der Waals surface area contributed by atoms with Crippen molar-refractivity contribution in [2.24, 2.45) is 29.0 Å². The van der Waals surface area contributed by atoms with E-state index >= 15 is 0 Å². The molecule has 12 atom stereocenters. The molecular weight excluding hydrogens is 1200 g/mol. The lowest BCUT2D eigenvalue weighted by Gasteiger charge is -2.37. The van der Waals surface area contributed by atoms with Crippen molar-refractivity contribution in [1.29, 1.82) is 0 Å². The molecule has 9 aromatic rings. The molecule has 3 aliphatic heterocycles. The molecular formula is C66H72N12O15. The second-order valence-electron chi connectivity index (χ2n) is 22.2. The highest BCUT2D eigenvalue weighted by Gasteiger charge is 2.49. The van der Waals surface area contributed by atoms with Crippen LogP contribution in [0.15, 0.2) is 189 Å². The normalized spacial score (nSPS) is 23.5. The van der Waals surface area contributed by atoms with E-state index in [-0.39, 0.29) is 48.2 Å². The van der Waals surface area contributed by atoms with Crippen LogP contribution in [-0.2, 0) is 34.9 Å². The number of primary amides is 3. The van der Waals surface area contributed by atoms with Crippen molar-refractivity contribution < 1.29 is 73.1 Å². The number of aliphatic hydroxyl groups excluding tert-OH is 5. The molecule has 3 fully saturated rings. The number of hydrogen-bond acceptors (Lipinski definition) is 21. The molecule has 0 spiro atoms. The van der Waals surface area contributed by atoms with E-state index in [0.717, 1.165) is 50.1 Å². The summed E-state index contributed by atoms with van der Waals surface area (Å²) in [6.07, 6.45) is -5.78. The standard InChI is InChI=1S/C30H32N4O4.C28H28N4O6.C8H12N4O5/c1-20-21(2)29(34-19-32-28(33-34)27(31)35)38-26(20)18-37-30(22-10-6-4-7-11-22,23-12-8-5-9-13-23)24-14-16-25(36-3)17-15-24;1-36-21-14-12-20(13-15-21)28(18-8-4-2-5-9-18,19-10-6-3-7-11-19)37-16-22-23(33)24(34)27(38-22)32-17-30-26(31-32)25(29)35;9-6(16)7-10-2-12(11-7)8-5(15)4(14)3(1-13)17-8/h4-17,19-21,26,29H,18H2,1-3H3,(H2,31,35);2-15,17,22-24,27,33-34H,16H2,1H3,(H2,29,35);2-5,8,13-15H,1H2,(H2,9,16)/t20?,21-,26+,29+;22-,23?,24+,27-;3-,4?,5+,8-/m011/s1. The zero-order valence-corrected chi connectivity index (χ0v) is 51.0. The highest BCUT2D eigenvalue weighted by molar-refractivity contribution is 5.89. The maximum absolute atomic E-state index is 11.5. The smallest absolute Gasteiger partial charge is 0.288 e. The Morgan fingerprint density at radius 2 is 0.731 bits per heavy atom. The minimum atomic E-state index is -1.34. The van der Waals surface area contributed by atoms with Crippen LogP contribution in [0.4, 0.5) is 0 Å². The highest BCUT2D eigenvalue weighted by atomic mass is 16.6. The Balaban J connectivity index is 0.000000164. The second-order valence-corrected chi connectivity index (χ2v) is 22.2. The molecule has 6 heterocycles. The number of methoxy groups -OCH3 is 2. The minimum absolute atomic E-state index is 0.0279. The summed E-state index contributed by atoms with van der Waals surface area (Å²) in [6.45, 7) is 4.06. The van der Waals surface area contributed by atoms with Crippen LogP contribution in [0.5, 0.6) is 11.5 Å². The Morgan fingerprint density at radius 1 is 0.430 bits per heavy atom. The van der Waals surface area contributed by atoms with Crippen molar-refractivity contribution >= 4 is 17.7 Å². The fourth-order valence-electron chi connectivity index (χ4n) is 11.5. The fraction of sp³-hybridized carbons (Fsp3) is 0.318. The number of aromatic nitrogens is 9. The van der Waals surface area contributed by atoms with Crippen LogP contribution in [0.3, 0.4) is 0 Å². The summed E-state index contributed by atoms with van der Waals surface area (Å²) in [5, 5.41) is 61.6. The summed E-state index contributed by atoms with van der Waals surface area (Å²) in [5.41, 5.74) is 19.2. The van der Waals surface area contributed by atoms with Crippen LogP contribution in [0.25, 0.3) is 0 Å². The Labute approximate surface area is 533 Å². The molecule has 486 valence electrons. The topological polar surface area (TPSA) is 387 Å². The summed E-state index contributed by atoms with van der Waals surface area (Å²) in [7, 11) is 3.26. The number of carbonyl (C=O) groups excluding carboxylic acids is 3. The van der Waals surface area contributed by atoms with Crippen LogP contribution in [0.1, 0.15) is 97.8 Å². The van der Waals surface area contributed by atoms with E-state index in [2.05, 4.69) is 68.4 Å².